The summed E-state index contributed by atoms with van der Waals surface area (Å²) >= 11 is 0. The number of benzene rings is 1. The molecule has 1 aromatic carbocycles. The second kappa shape index (κ2) is 3.89. The molecule has 1 aromatic rings. The summed E-state index contributed by atoms with van der Waals surface area (Å²) in [5, 5.41) is 8.74. The lowest BCUT2D eigenvalue weighted by atomic mass is 10.0. The number of hydrogen-bond acceptors (Lipinski definition) is 2. The first-order valence-corrected chi connectivity index (χ1v) is 3.97. The van der Waals surface area contributed by atoms with Crippen LogP contribution in [0.2, 0.25) is 0 Å². The van der Waals surface area contributed by atoms with Crippen molar-refractivity contribution in [2.45, 2.75) is 19.4 Å². The van der Waals surface area contributed by atoms with Crippen molar-refractivity contribution in [3.05, 3.63) is 35.4 Å². The molecule has 0 aromatic heterocycles. The first kappa shape index (κ1) is 8.76. The average molecular weight is 160 g/mol. The van der Waals surface area contributed by atoms with Gasteiger partial charge in [-0.15, -0.1) is 0 Å². The third-order valence-corrected chi connectivity index (χ3v) is 1.68. The highest BCUT2D eigenvalue weighted by Crippen LogP contribution is 2.08. The predicted molar refractivity (Wildman–Crippen MR) is 48.5 cm³/mol. The Balaban J connectivity index is 2.91. The number of nitrogens with zero attached hydrogens (tertiary/aromatic N) is 1. The fraction of sp³-hybridized carbons (Fsp3) is 0.300. The van der Waals surface area contributed by atoms with E-state index in [1.54, 1.807) is 0 Å². The minimum absolute atomic E-state index is 0.111. The summed E-state index contributed by atoms with van der Waals surface area (Å²) < 4.78 is 0. The van der Waals surface area contributed by atoms with E-state index in [1.165, 1.54) is 0 Å². The van der Waals surface area contributed by atoms with Gasteiger partial charge in [-0.1, -0.05) is 18.2 Å². The van der Waals surface area contributed by atoms with E-state index in [4.69, 9.17) is 11.0 Å². The molecular formula is C10H12N2. The van der Waals surface area contributed by atoms with Gasteiger partial charge in [-0.2, -0.15) is 5.26 Å². The second-order valence-electron chi connectivity index (χ2n) is 2.95. The molecule has 2 nitrogen and oxygen atoms in total. The summed E-state index contributed by atoms with van der Waals surface area (Å²) in [6.45, 7) is 1.94. The van der Waals surface area contributed by atoms with Crippen LogP contribution in [-0.4, -0.2) is 6.04 Å². The van der Waals surface area contributed by atoms with Gasteiger partial charge < -0.3 is 5.73 Å². The van der Waals surface area contributed by atoms with Crippen molar-refractivity contribution in [3.8, 4) is 6.07 Å². The lowest BCUT2D eigenvalue weighted by Gasteiger charge is -2.05. The molecule has 1 rings (SSSR count). The zero-order valence-electron chi connectivity index (χ0n) is 7.12. The largest absolute Gasteiger partial charge is 0.328 e. The lowest BCUT2D eigenvalue weighted by molar-refractivity contribution is 0.737. The molecule has 1 unspecified atom stereocenters. The highest BCUT2D eigenvalue weighted by atomic mass is 14.6. The molecule has 0 aliphatic carbocycles. The van der Waals surface area contributed by atoms with E-state index >= 15 is 0 Å². The van der Waals surface area contributed by atoms with Gasteiger partial charge in [0.15, 0.2) is 0 Å². The summed E-state index contributed by atoms with van der Waals surface area (Å²) in [4.78, 5) is 0. The maximum atomic E-state index is 8.74. The Morgan fingerprint density at radius 2 is 2.17 bits per heavy atom. The molecule has 0 bridgehead atoms. The Hall–Kier alpha value is -1.33. The quantitative estimate of drug-likeness (QED) is 0.711. The maximum absolute atomic E-state index is 8.74. The molecular weight excluding hydrogens is 148 g/mol. The molecule has 1 atom stereocenters. The van der Waals surface area contributed by atoms with Crippen LogP contribution in [0.15, 0.2) is 24.3 Å². The second-order valence-corrected chi connectivity index (χ2v) is 2.95. The van der Waals surface area contributed by atoms with E-state index in [1.807, 2.05) is 31.2 Å². The van der Waals surface area contributed by atoms with Crippen molar-refractivity contribution >= 4 is 0 Å². The number of hydrogen-bond donors (Lipinski definition) is 1. The number of rotatable bonds is 2. The molecule has 2 N–H and O–H groups in total. The van der Waals surface area contributed by atoms with Crippen molar-refractivity contribution in [1.82, 2.24) is 0 Å². The fourth-order valence-corrected chi connectivity index (χ4v) is 1.15. The smallest absolute Gasteiger partial charge is 0.0994 e. The Bertz CT molecular complexity index is 297. The fourth-order valence-electron chi connectivity index (χ4n) is 1.15. The molecule has 0 heterocycles. The van der Waals surface area contributed by atoms with Crippen LogP contribution in [0.4, 0.5) is 0 Å². The minimum atomic E-state index is 0.111. The molecule has 0 saturated carbocycles. The van der Waals surface area contributed by atoms with Gasteiger partial charge in [0.05, 0.1) is 11.6 Å². The van der Waals surface area contributed by atoms with Crippen molar-refractivity contribution in [3.63, 3.8) is 0 Å². The normalized spacial score (nSPS) is 12.1. The van der Waals surface area contributed by atoms with E-state index in [9.17, 15) is 0 Å². The summed E-state index contributed by atoms with van der Waals surface area (Å²) in [7, 11) is 0. The van der Waals surface area contributed by atoms with Crippen LogP contribution in [0.3, 0.4) is 0 Å². The topological polar surface area (TPSA) is 49.8 Å². The van der Waals surface area contributed by atoms with Gasteiger partial charge in [0.1, 0.15) is 0 Å². The molecule has 0 aliphatic heterocycles. The predicted octanol–water partition coefficient (Wildman–Crippen LogP) is 1.45. The van der Waals surface area contributed by atoms with Gasteiger partial charge in [0.25, 0.3) is 0 Å². The summed E-state index contributed by atoms with van der Waals surface area (Å²) in [6, 6.07) is 9.81. The zero-order valence-corrected chi connectivity index (χ0v) is 7.12. The van der Waals surface area contributed by atoms with E-state index in [2.05, 4.69) is 6.07 Å². The number of nitrogens with two attached hydrogens (primary N) is 1. The third-order valence-electron chi connectivity index (χ3n) is 1.68. The van der Waals surface area contributed by atoms with Gasteiger partial charge >= 0.3 is 0 Å². The van der Waals surface area contributed by atoms with Crippen molar-refractivity contribution in [2.24, 2.45) is 5.73 Å². The molecule has 0 fully saturated rings. The molecule has 0 radical (unpaired) electrons. The first-order valence-electron chi connectivity index (χ1n) is 3.97. The first-order chi connectivity index (χ1) is 5.74. The van der Waals surface area contributed by atoms with Crippen LogP contribution >= 0.6 is 0 Å². The Kier molecular flexibility index (Phi) is 2.84. The maximum Gasteiger partial charge on any atom is 0.0994 e. The molecule has 0 saturated heterocycles. The minimum Gasteiger partial charge on any atom is -0.328 e. The highest BCUT2D eigenvalue weighted by molar-refractivity contribution is 5.37. The van der Waals surface area contributed by atoms with Crippen LogP contribution in [0.5, 0.6) is 0 Å². The molecule has 62 valence electrons. The third kappa shape index (κ3) is 2.08. The van der Waals surface area contributed by atoms with E-state index < -0.39 is 0 Å². The molecule has 2 heteroatoms. The van der Waals surface area contributed by atoms with Crippen LogP contribution < -0.4 is 5.73 Å². The van der Waals surface area contributed by atoms with Crippen molar-refractivity contribution < 1.29 is 0 Å². The molecule has 12 heavy (non-hydrogen) atoms. The molecule has 0 aliphatic rings. The summed E-state index contributed by atoms with van der Waals surface area (Å²) in [6.07, 6.45) is 0.768. The van der Waals surface area contributed by atoms with Crippen LogP contribution in [0, 0.1) is 11.3 Å². The van der Waals surface area contributed by atoms with Gasteiger partial charge in [-0.05, 0) is 25.0 Å². The van der Waals surface area contributed by atoms with Crippen molar-refractivity contribution in [1.29, 1.82) is 5.26 Å². The van der Waals surface area contributed by atoms with Crippen LogP contribution in [0.25, 0.3) is 0 Å². The Labute approximate surface area is 72.6 Å². The van der Waals surface area contributed by atoms with Gasteiger partial charge in [0.2, 0.25) is 0 Å². The lowest BCUT2D eigenvalue weighted by Crippen LogP contribution is -2.18. The summed E-state index contributed by atoms with van der Waals surface area (Å²) in [5.74, 6) is 0. The number of nitriles is 1. The standard InChI is InChI=1S/C10H12N2/c1-8(12)6-9-4-2-3-5-10(9)7-11/h2-5,8H,6,12H2,1H3. The van der Waals surface area contributed by atoms with E-state index in [0.717, 1.165) is 17.5 Å². The Morgan fingerprint density at radius 1 is 1.50 bits per heavy atom. The highest BCUT2D eigenvalue weighted by Gasteiger charge is 2.02. The van der Waals surface area contributed by atoms with E-state index in [-0.39, 0.29) is 6.04 Å². The van der Waals surface area contributed by atoms with Crippen LogP contribution in [0.1, 0.15) is 18.1 Å². The average Bonchev–Trinajstić information content (AvgIpc) is 2.04. The van der Waals surface area contributed by atoms with Crippen LogP contribution in [-0.2, 0) is 6.42 Å². The molecule has 0 spiro atoms. The monoisotopic (exact) mass is 160 g/mol. The van der Waals surface area contributed by atoms with Crippen molar-refractivity contribution in [2.75, 3.05) is 0 Å². The molecule has 0 amide bonds. The Morgan fingerprint density at radius 3 is 2.75 bits per heavy atom. The van der Waals surface area contributed by atoms with Gasteiger partial charge in [0, 0.05) is 6.04 Å². The van der Waals surface area contributed by atoms with E-state index in [0.29, 0.717) is 0 Å². The van der Waals surface area contributed by atoms with Gasteiger partial charge in [-0.25, -0.2) is 0 Å². The van der Waals surface area contributed by atoms with Gasteiger partial charge in [-0.3, -0.25) is 0 Å². The zero-order chi connectivity index (χ0) is 8.97. The SMILES string of the molecule is CC(N)Cc1ccccc1C#N. The summed E-state index contributed by atoms with van der Waals surface area (Å²) in [5.41, 5.74) is 7.41.